The van der Waals surface area contributed by atoms with E-state index in [1.165, 1.54) is 6.07 Å². The third-order valence-corrected chi connectivity index (χ3v) is 6.87. The van der Waals surface area contributed by atoms with Crippen molar-refractivity contribution in [2.24, 2.45) is 0 Å². The number of rotatable bonds is 4. The second kappa shape index (κ2) is 8.53. The maximum absolute atomic E-state index is 13.4. The van der Waals surface area contributed by atoms with Gasteiger partial charge in [-0.3, -0.25) is 0 Å². The van der Waals surface area contributed by atoms with Crippen LogP contribution in [0.2, 0.25) is 5.02 Å². The van der Waals surface area contributed by atoms with Gasteiger partial charge in [-0.15, -0.1) is 0 Å². The summed E-state index contributed by atoms with van der Waals surface area (Å²) < 4.78 is 59.8. The fourth-order valence-electron chi connectivity index (χ4n) is 3.46. The summed E-state index contributed by atoms with van der Waals surface area (Å²) in [6.07, 6.45) is -3.96. The van der Waals surface area contributed by atoms with Crippen LogP contribution < -0.4 is 0 Å². The maximum atomic E-state index is 13.4. The highest BCUT2D eigenvalue weighted by Crippen LogP contribution is 2.38. The van der Waals surface area contributed by atoms with Crippen molar-refractivity contribution in [3.63, 3.8) is 0 Å². The fourth-order valence-corrected chi connectivity index (χ4v) is 5.19. The van der Waals surface area contributed by atoms with Crippen LogP contribution in [0.5, 0.6) is 0 Å². The zero-order chi connectivity index (χ0) is 20.5. The Bertz CT molecular complexity index is 875. The van der Waals surface area contributed by atoms with Gasteiger partial charge < -0.3 is 4.74 Å². The van der Waals surface area contributed by atoms with E-state index >= 15 is 0 Å². The second-order valence-electron chi connectivity index (χ2n) is 6.65. The van der Waals surface area contributed by atoms with Crippen LogP contribution in [0.25, 0.3) is 0 Å². The van der Waals surface area contributed by atoms with E-state index < -0.39 is 22.7 Å². The summed E-state index contributed by atoms with van der Waals surface area (Å²) in [5.41, 5.74) is 1.17. The van der Waals surface area contributed by atoms with Crippen LogP contribution in [-0.2, 0) is 21.9 Å². The number of halogens is 4. The molecule has 0 radical (unpaired) electrons. The number of aryl methyl sites for hydroxylation is 1. The van der Waals surface area contributed by atoms with Gasteiger partial charge in [0, 0.05) is 6.54 Å². The molecule has 8 heteroatoms. The van der Waals surface area contributed by atoms with Gasteiger partial charge in [0.1, 0.15) is 11.0 Å². The molecule has 1 aliphatic heterocycles. The van der Waals surface area contributed by atoms with E-state index in [1.807, 2.05) is 38.1 Å². The normalized spacial score (nSPS) is 22.2. The molecule has 3 rings (SSSR count). The Kier molecular flexibility index (Phi) is 6.49. The average molecular weight is 432 g/mol. The predicted octanol–water partition coefficient (Wildman–Crippen LogP) is 5.54. The Balaban J connectivity index is 2.00. The molecule has 0 bridgehead atoms. The highest BCUT2D eigenvalue weighted by atomic mass is 35.5. The van der Waals surface area contributed by atoms with Crippen molar-refractivity contribution in [3.05, 3.63) is 64.2 Å². The number of alkyl halides is 3. The Hall–Kier alpha value is -1.41. The Labute approximate surface area is 170 Å². The zero-order valence-electron chi connectivity index (χ0n) is 15.5. The number of benzene rings is 2. The van der Waals surface area contributed by atoms with Crippen LogP contribution in [0, 0.1) is 6.92 Å². The number of hydrogen-bond donors (Lipinski definition) is 0. The quantitative estimate of drug-likeness (QED) is 0.636. The number of morpholine rings is 1. The first-order valence-corrected chi connectivity index (χ1v) is 10.4. The van der Waals surface area contributed by atoms with E-state index in [2.05, 4.69) is 0 Å². The summed E-state index contributed by atoms with van der Waals surface area (Å²) in [5.74, 6) is 0. The number of ether oxygens (including phenoxy) is 1. The van der Waals surface area contributed by atoms with Crippen molar-refractivity contribution < 1.29 is 22.1 Å². The smallest absolute Gasteiger partial charge is 0.375 e. The minimum absolute atomic E-state index is 0.156. The standard InChI is InChI=1S/C20H21ClF3NO2S/c1-3-17-19(15-7-5-4-6-13(15)2)25(10-11-27-17)28(26)18-9-8-14(12-16(18)21)20(22,23)24/h4-9,12,17,19H,3,10-11H2,1-2H3. The van der Waals surface area contributed by atoms with Gasteiger partial charge in [0.25, 0.3) is 0 Å². The first-order chi connectivity index (χ1) is 13.2. The lowest BCUT2D eigenvalue weighted by Crippen LogP contribution is -2.46. The van der Waals surface area contributed by atoms with Gasteiger partial charge >= 0.3 is 6.18 Å². The van der Waals surface area contributed by atoms with Crippen LogP contribution in [-0.4, -0.2) is 27.8 Å². The minimum atomic E-state index is -4.50. The molecule has 0 spiro atoms. The van der Waals surface area contributed by atoms with E-state index in [0.717, 1.165) is 23.3 Å². The van der Waals surface area contributed by atoms with Crippen LogP contribution >= 0.6 is 11.6 Å². The third-order valence-electron chi connectivity index (χ3n) is 4.88. The molecular formula is C20H21ClF3NO2S. The molecule has 1 heterocycles. The van der Waals surface area contributed by atoms with Gasteiger partial charge in [0.05, 0.1) is 34.2 Å². The largest absolute Gasteiger partial charge is 0.416 e. The van der Waals surface area contributed by atoms with Gasteiger partial charge in [-0.05, 0) is 42.7 Å². The lowest BCUT2D eigenvalue weighted by molar-refractivity contribution is -0.137. The third kappa shape index (κ3) is 4.27. The summed E-state index contributed by atoms with van der Waals surface area (Å²) in [4.78, 5) is 0.171. The molecule has 2 aromatic rings. The van der Waals surface area contributed by atoms with E-state index in [-0.39, 0.29) is 22.1 Å². The van der Waals surface area contributed by atoms with Crippen molar-refractivity contribution in [2.75, 3.05) is 13.2 Å². The van der Waals surface area contributed by atoms with Gasteiger partial charge in [0.15, 0.2) is 0 Å². The van der Waals surface area contributed by atoms with Crippen LogP contribution in [0.3, 0.4) is 0 Å². The van der Waals surface area contributed by atoms with Gasteiger partial charge in [-0.2, -0.15) is 13.2 Å². The van der Waals surface area contributed by atoms with E-state index in [9.17, 15) is 17.4 Å². The van der Waals surface area contributed by atoms with Gasteiger partial charge in [0.2, 0.25) is 0 Å². The van der Waals surface area contributed by atoms with Crippen molar-refractivity contribution in [3.8, 4) is 0 Å². The van der Waals surface area contributed by atoms with Crippen LogP contribution in [0.4, 0.5) is 13.2 Å². The Morgan fingerprint density at radius 3 is 2.57 bits per heavy atom. The minimum Gasteiger partial charge on any atom is -0.375 e. The molecule has 3 unspecified atom stereocenters. The van der Waals surface area contributed by atoms with Crippen molar-refractivity contribution >= 4 is 22.6 Å². The molecule has 28 heavy (non-hydrogen) atoms. The molecule has 0 aliphatic carbocycles. The number of hydrogen-bond acceptors (Lipinski definition) is 2. The van der Waals surface area contributed by atoms with Gasteiger partial charge in [-0.1, -0.05) is 42.8 Å². The van der Waals surface area contributed by atoms with Crippen molar-refractivity contribution in [1.29, 1.82) is 0 Å². The monoisotopic (exact) mass is 431 g/mol. The van der Waals surface area contributed by atoms with Crippen LogP contribution in [0.1, 0.15) is 36.1 Å². The first kappa shape index (κ1) is 21.3. The topological polar surface area (TPSA) is 29.5 Å². The molecule has 3 atom stereocenters. The molecule has 0 N–H and O–H groups in total. The first-order valence-electron chi connectivity index (χ1n) is 8.96. The molecule has 1 saturated heterocycles. The summed E-state index contributed by atoms with van der Waals surface area (Å²) in [7, 11) is -1.72. The highest BCUT2D eigenvalue weighted by molar-refractivity contribution is 7.82. The summed E-state index contributed by atoms with van der Waals surface area (Å²) in [6.45, 7) is 4.75. The average Bonchev–Trinajstić information content (AvgIpc) is 2.66. The molecule has 0 amide bonds. The molecule has 1 fully saturated rings. The molecule has 2 aromatic carbocycles. The molecule has 0 aromatic heterocycles. The van der Waals surface area contributed by atoms with Gasteiger partial charge in [-0.25, -0.2) is 8.51 Å². The molecule has 3 nitrogen and oxygen atoms in total. The SMILES string of the molecule is CCC1OCCN(S(=O)c2ccc(C(F)(F)F)cc2Cl)C1c1ccccc1C. The predicted molar refractivity (Wildman–Crippen MR) is 104 cm³/mol. The molecular weight excluding hydrogens is 411 g/mol. The lowest BCUT2D eigenvalue weighted by Gasteiger charge is -2.40. The molecule has 1 aliphatic rings. The molecule has 152 valence electrons. The fraction of sp³-hybridized carbons (Fsp3) is 0.400. The zero-order valence-corrected chi connectivity index (χ0v) is 17.1. The van der Waals surface area contributed by atoms with E-state index in [4.69, 9.17) is 16.3 Å². The Morgan fingerprint density at radius 1 is 1.25 bits per heavy atom. The van der Waals surface area contributed by atoms with E-state index in [0.29, 0.717) is 19.6 Å². The molecule has 0 saturated carbocycles. The van der Waals surface area contributed by atoms with Crippen molar-refractivity contribution in [1.82, 2.24) is 4.31 Å². The second-order valence-corrected chi connectivity index (χ2v) is 8.47. The number of nitrogens with zero attached hydrogens (tertiary/aromatic N) is 1. The summed E-state index contributed by atoms with van der Waals surface area (Å²) in [5, 5.41) is -0.156. The Morgan fingerprint density at radius 2 is 1.96 bits per heavy atom. The van der Waals surface area contributed by atoms with E-state index in [1.54, 1.807) is 4.31 Å². The maximum Gasteiger partial charge on any atom is 0.416 e. The summed E-state index contributed by atoms with van der Waals surface area (Å²) >= 11 is 6.09. The van der Waals surface area contributed by atoms with Crippen LogP contribution in [0.15, 0.2) is 47.4 Å². The lowest BCUT2D eigenvalue weighted by atomic mass is 9.94. The highest BCUT2D eigenvalue weighted by Gasteiger charge is 2.38. The summed E-state index contributed by atoms with van der Waals surface area (Å²) in [6, 6.07) is 10.5. The van der Waals surface area contributed by atoms with Crippen molar-refractivity contribution in [2.45, 2.75) is 43.5 Å².